The Morgan fingerprint density at radius 2 is 1.52 bits per heavy atom. The van der Waals surface area contributed by atoms with Crippen molar-refractivity contribution < 1.29 is 38.8 Å². The molecule has 0 saturated carbocycles. The Bertz CT molecular complexity index is 802. The standard InChI is InChI=1S/C21H22O8/c1-27-16(13-22)18(29-21(26)15-10-6-3-7-11-15)19(20(24)25)28-17(23)12-14-8-4-2-5-9-14/h2-11,16,18-19,22H,12-13H2,1H3,(H,24,25)/t16?,18-,19+/m1/s1. The van der Waals surface area contributed by atoms with E-state index in [9.17, 15) is 24.6 Å². The first-order valence-electron chi connectivity index (χ1n) is 8.82. The first kappa shape index (κ1) is 22.1. The summed E-state index contributed by atoms with van der Waals surface area (Å²) in [6.07, 6.45) is -4.81. The van der Waals surface area contributed by atoms with Crippen LogP contribution in [0, 0.1) is 0 Å². The van der Waals surface area contributed by atoms with Gasteiger partial charge in [-0.3, -0.25) is 4.79 Å². The Morgan fingerprint density at radius 1 is 0.931 bits per heavy atom. The highest BCUT2D eigenvalue weighted by Crippen LogP contribution is 2.16. The van der Waals surface area contributed by atoms with Crippen LogP contribution in [-0.4, -0.2) is 60.1 Å². The molecule has 2 N–H and O–H groups in total. The van der Waals surface area contributed by atoms with Gasteiger partial charge in [-0.15, -0.1) is 0 Å². The van der Waals surface area contributed by atoms with Crippen LogP contribution in [0.5, 0.6) is 0 Å². The number of hydrogen-bond donors (Lipinski definition) is 2. The number of aliphatic hydroxyl groups is 1. The van der Waals surface area contributed by atoms with Crippen LogP contribution in [0.25, 0.3) is 0 Å². The molecule has 8 heteroatoms. The quantitative estimate of drug-likeness (QED) is 0.573. The second-order valence-electron chi connectivity index (χ2n) is 6.10. The van der Waals surface area contributed by atoms with E-state index in [1.807, 2.05) is 0 Å². The molecule has 2 rings (SSSR count). The Labute approximate surface area is 167 Å². The molecular formula is C21H22O8. The molecule has 29 heavy (non-hydrogen) atoms. The van der Waals surface area contributed by atoms with Crippen molar-refractivity contribution in [2.45, 2.75) is 24.7 Å². The molecule has 0 fully saturated rings. The molecule has 0 aromatic heterocycles. The van der Waals surface area contributed by atoms with E-state index in [2.05, 4.69) is 0 Å². The van der Waals surface area contributed by atoms with Gasteiger partial charge in [-0.25, -0.2) is 9.59 Å². The number of methoxy groups -OCH3 is 1. The van der Waals surface area contributed by atoms with Crippen molar-refractivity contribution in [2.75, 3.05) is 13.7 Å². The van der Waals surface area contributed by atoms with E-state index in [0.29, 0.717) is 5.56 Å². The normalized spacial score (nSPS) is 13.7. The molecule has 8 nitrogen and oxygen atoms in total. The largest absolute Gasteiger partial charge is 0.478 e. The highest BCUT2D eigenvalue weighted by Gasteiger charge is 2.41. The minimum Gasteiger partial charge on any atom is -0.478 e. The van der Waals surface area contributed by atoms with E-state index in [4.69, 9.17) is 14.2 Å². The number of ether oxygens (including phenoxy) is 3. The lowest BCUT2D eigenvalue weighted by Crippen LogP contribution is -2.50. The summed E-state index contributed by atoms with van der Waals surface area (Å²) in [6, 6.07) is 16.5. The molecule has 2 aromatic carbocycles. The van der Waals surface area contributed by atoms with Crippen molar-refractivity contribution in [1.29, 1.82) is 0 Å². The highest BCUT2D eigenvalue weighted by atomic mass is 16.6. The molecule has 0 saturated heterocycles. The van der Waals surface area contributed by atoms with E-state index in [1.54, 1.807) is 48.5 Å². The number of aliphatic hydroxyl groups excluding tert-OH is 1. The molecule has 0 spiro atoms. The molecule has 0 aliphatic rings. The van der Waals surface area contributed by atoms with Gasteiger partial charge in [-0.1, -0.05) is 48.5 Å². The first-order chi connectivity index (χ1) is 14.0. The number of rotatable bonds is 10. The maximum absolute atomic E-state index is 12.4. The van der Waals surface area contributed by atoms with E-state index in [0.717, 1.165) is 0 Å². The van der Waals surface area contributed by atoms with Crippen LogP contribution in [0.1, 0.15) is 15.9 Å². The molecule has 0 heterocycles. The number of benzene rings is 2. The minimum absolute atomic E-state index is 0.166. The lowest BCUT2D eigenvalue weighted by molar-refractivity contribution is -0.179. The van der Waals surface area contributed by atoms with Crippen molar-refractivity contribution in [3.8, 4) is 0 Å². The number of carbonyl (C=O) groups excluding carboxylic acids is 2. The zero-order chi connectivity index (χ0) is 21.2. The topological polar surface area (TPSA) is 119 Å². The number of aliphatic carboxylic acids is 1. The van der Waals surface area contributed by atoms with E-state index in [-0.39, 0.29) is 12.0 Å². The van der Waals surface area contributed by atoms with Crippen molar-refractivity contribution >= 4 is 17.9 Å². The van der Waals surface area contributed by atoms with E-state index < -0.39 is 42.8 Å². The molecule has 0 amide bonds. The maximum atomic E-state index is 12.4. The maximum Gasteiger partial charge on any atom is 0.349 e. The third kappa shape index (κ3) is 6.41. The number of esters is 2. The van der Waals surface area contributed by atoms with Crippen LogP contribution in [0.3, 0.4) is 0 Å². The minimum atomic E-state index is -1.86. The van der Waals surface area contributed by atoms with Gasteiger partial charge < -0.3 is 24.4 Å². The number of carbonyl (C=O) groups is 3. The first-order valence-corrected chi connectivity index (χ1v) is 8.82. The second kappa shape index (κ2) is 10.9. The summed E-state index contributed by atoms with van der Waals surface area (Å²) in [5, 5.41) is 19.1. The molecule has 154 valence electrons. The van der Waals surface area contributed by atoms with E-state index in [1.165, 1.54) is 19.2 Å². The molecule has 0 aliphatic carbocycles. The van der Waals surface area contributed by atoms with Crippen LogP contribution in [0.15, 0.2) is 60.7 Å². The fourth-order valence-electron chi connectivity index (χ4n) is 2.61. The summed E-state index contributed by atoms with van der Waals surface area (Å²) in [7, 11) is 1.22. The molecule has 3 atom stereocenters. The zero-order valence-electron chi connectivity index (χ0n) is 15.8. The van der Waals surface area contributed by atoms with Crippen molar-refractivity contribution in [2.24, 2.45) is 0 Å². The smallest absolute Gasteiger partial charge is 0.349 e. The summed E-state index contributed by atoms with van der Waals surface area (Å²) < 4.78 is 15.4. The fourth-order valence-corrected chi connectivity index (χ4v) is 2.61. The van der Waals surface area contributed by atoms with Crippen molar-refractivity contribution in [3.05, 3.63) is 71.8 Å². The van der Waals surface area contributed by atoms with Gasteiger partial charge in [0.25, 0.3) is 0 Å². The van der Waals surface area contributed by atoms with Gasteiger partial charge >= 0.3 is 17.9 Å². The summed E-state index contributed by atoms with van der Waals surface area (Å²) in [6.45, 7) is -0.650. The summed E-state index contributed by atoms with van der Waals surface area (Å²) in [5.41, 5.74) is 0.801. The van der Waals surface area contributed by atoms with Crippen LogP contribution < -0.4 is 0 Å². The van der Waals surface area contributed by atoms with Gasteiger partial charge in [0.1, 0.15) is 6.10 Å². The third-order valence-corrected chi connectivity index (χ3v) is 4.09. The number of hydrogen-bond acceptors (Lipinski definition) is 7. The molecular weight excluding hydrogens is 380 g/mol. The van der Waals surface area contributed by atoms with Gasteiger partial charge in [0.2, 0.25) is 6.10 Å². The third-order valence-electron chi connectivity index (χ3n) is 4.09. The fraction of sp³-hybridized carbons (Fsp3) is 0.286. The van der Waals surface area contributed by atoms with Crippen LogP contribution in [0.4, 0.5) is 0 Å². The average Bonchev–Trinajstić information content (AvgIpc) is 2.73. The van der Waals surface area contributed by atoms with Crippen molar-refractivity contribution in [1.82, 2.24) is 0 Å². The van der Waals surface area contributed by atoms with Gasteiger partial charge in [-0.2, -0.15) is 0 Å². The Kier molecular flexibility index (Phi) is 8.32. The predicted molar refractivity (Wildman–Crippen MR) is 101 cm³/mol. The Morgan fingerprint density at radius 3 is 2.03 bits per heavy atom. The van der Waals surface area contributed by atoms with E-state index >= 15 is 0 Å². The molecule has 1 unspecified atom stereocenters. The van der Waals surface area contributed by atoms with Gasteiger partial charge in [-0.05, 0) is 17.7 Å². The number of carboxylic acids is 1. The van der Waals surface area contributed by atoms with Gasteiger partial charge in [0.05, 0.1) is 18.6 Å². The summed E-state index contributed by atoms with van der Waals surface area (Å²) >= 11 is 0. The number of carboxylic acid groups (broad SMARTS) is 1. The predicted octanol–water partition coefficient (Wildman–Crippen LogP) is 1.46. The Balaban J connectivity index is 2.20. The SMILES string of the molecule is COC(CO)[C@@H](OC(=O)c1ccccc1)[C@H](OC(=O)Cc1ccccc1)C(=O)O. The summed E-state index contributed by atoms with van der Waals surface area (Å²) in [5.74, 6) is -3.19. The van der Waals surface area contributed by atoms with Gasteiger partial charge in [0.15, 0.2) is 6.10 Å². The van der Waals surface area contributed by atoms with Gasteiger partial charge in [0, 0.05) is 7.11 Å². The Hall–Kier alpha value is -3.23. The van der Waals surface area contributed by atoms with Crippen LogP contribution in [0.2, 0.25) is 0 Å². The molecule has 2 aromatic rings. The van der Waals surface area contributed by atoms with Crippen LogP contribution >= 0.6 is 0 Å². The lowest BCUT2D eigenvalue weighted by atomic mass is 10.1. The molecule has 0 bridgehead atoms. The lowest BCUT2D eigenvalue weighted by Gasteiger charge is -2.29. The average molecular weight is 402 g/mol. The van der Waals surface area contributed by atoms with Crippen molar-refractivity contribution in [3.63, 3.8) is 0 Å². The summed E-state index contributed by atoms with van der Waals surface area (Å²) in [4.78, 5) is 36.4. The second-order valence-corrected chi connectivity index (χ2v) is 6.10. The molecule has 0 radical (unpaired) electrons. The zero-order valence-corrected chi connectivity index (χ0v) is 15.8. The molecule has 0 aliphatic heterocycles. The monoisotopic (exact) mass is 402 g/mol. The van der Waals surface area contributed by atoms with Crippen LogP contribution in [-0.2, 0) is 30.2 Å². The highest BCUT2D eigenvalue weighted by molar-refractivity contribution is 5.90.